The first-order valence-corrected chi connectivity index (χ1v) is 9.00. The molecule has 0 radical (unpaired) electrons. The van der Waals surface area contributed by atoms with Crippen molar-refractivity contribution >= 4 is 16.9 Å². The van der Waals surface area contributed by atoms with E-state index in [4.69, 9.17) is 14.3 Å². The summed E-state index contributed by atoms with van der Waals surface area (Å²) in [6.07, 6.45) is 3.91. The van der Waals surface area contributed by atoms with Crippen molar-refractivity contribution in [3.63, 3.8) is 0 Å². The fourth-order valence-electron chi connectivity index (χ4n) is 3.08. The van der Waals surface area contributed by atoms with E-state index in [1.165, 1.54) is 0 Å². The molecule has 0 spiro atoms. The van der Waals surface area contributed by atoms with Crippen LogP contribution in [0.15, 0.2) is 84.3 Å². The molecule has 0 saturated carbocycles. The molecule has 2 aromatic heterocycles. The standard InChI is InChI=1S/C22H17N3O3/c1-2-4-16(5-3-1)26-17-8-6-15(7-9-17)21-13-22(25-28-21)27-18-12-20-19(24-14-18)10-11-23-20/h1-12,14,21,23H,13H2/t21-/m0/s1. The van der Waals surface area contributed by atoms with Crippen molar-refractivity contribution in [1.29, 1.82) is 0 Å². The minimum Gasteiger partial charge on any atom is -0.457 e. The molecule has 0 unspecified atom stereocenters. The van der Waals surface area contributed by atoms with Crippen LogP contribution < -0.4 is 9.47 Å². The summed E-state index contributed by atoms with van der Waals surface area (Å²) in [7, 11) is 0. The third kappa shape index (κ3) is 3.40. The van der Waals surface area contributed by atoms with Crippen LogP contribution in [-0.2, 0) is 4.84 Å². The summed E-state index contributed by atoms with van der Waals surface area (Å²) in [5.74, 6) is 2.74. The number of H-pyrrole nitrogens is 1. The van der Waals surface area contributed by atoms with Crippen LogP contribution >= 0.6 is 0 Å². The molecule has 0 fully saturated rings. The van der Waals surface area contributed by atoms with E-state index >= 15 is 0 Å². The lowest BCUT2D eigenvalue weighted by atomic mass is 10.1. The van der Waals surface area contributed by atoms with Gasteiger partial charge >= 0.3 is 0 Å². The summed E-state index contributed by atoms with van der Waals surface area (Å²) in [5.41, 5.74) is 2.83. The SMILES string of the molecule is c1ccc(Oc2ccc([C@@H]3CC(Oc4cnc5cc[nH]c5c4)=NO3)cc2)cc1. The Morgan fingerprint density at radius 3 is 2.57 bits per heavy atom. The van der Waals surface area contributed by atoms with Gasteiger partial charge in [0.1, 0.15) is 17.2 Å². The molecule has 0 saturated heterocycles. The molecular formula is C22H17N3O3. The number of hydrogen-bond donors (Lipinski definition) is 1. The zero-order valence-electron chi connectivity index (χ0n) is 14.9. The molecule has 0 bridgehead atoms. The second-order valence-electron chi connectivity index (χ2n) is 6.45. The van der Waals surface area contributed by atoms with Crippen molar-refractivity contribution in [2.75, 3.05) is 0 Å². The molecule has 4 aromatic rings. The Bertz CT molecular complexity index is 1120. The molecule has 2 aromatic carbocycles. The number of benzene rings is 2. The first kappa shape index (κ1) is 16.4. The van der Waals surface area contributed by atoms with Gasteiger partial charge in [-0.1, -0.05) is 35.5 Å². The number of fused-ring (bicyclic) bond motifs is 1. The number of hydrogen-bond acceptors (Lipinski definition) is 5. The molecule has 6 nitrogen and oxygen atoms in total. The molecule has 1 aliphatic rings. The van der Waals surface area contributed by atoms with Crippen molar-refractivity contribution in [2.45, 2.75) is 12.5 Å². The number of nitrogens with zero attached hydrogens (tertiary/aromatic N) is 2. The van der Waals surface area contributed by atoms with Crippen molar-refractivity contribution in [3.8, 4) is 17.2 Å². The zero-order valence-corrected chi connectivity index (χ0v) is 14.9. The molecule has 1 aliphatic heterocycles. The number of aromatic nitrogens is 2. The Labute approximate surface area is 161 Å². The predicted octanol–water partition coefficient (Wildman–Crippen LogP) is 5.21. The Morgan fingerprint density at radius 1 is 0.893 bits per heavy atom. The molecule has 5 rings (SSSR count). The number of rotatable bonds is 4. The van der Waals surface area contributed by atoms with E-state index in [2.05, 4.69) is 15.1 Å². The van der Waals surface area contributed by atoms with E-state index in [0.717, 1.165) is 28.1 Å². The number of nitrogens with one attached hydrogen (secondary N) is 1. The highest BCUT2D eigenvalue weighted by Crippen LogP contribution is 2.30. The third-order valence-corrected chi connectivity index (χ3v) is 4.48. The van der Waals surface area contributed by atoms with E-state index in [9.17, 15) is 0 Å². The second kappa shape index (κ2) is 7.08. The fraction of sp³-hybridized carbons (Fsp3) is 0.0909. The molecule has 0 amide bonds. The number of pyridine rings is 1. The minimum absolute atomic E-state index is 0.178. The lowest BCUT2D eigenvalue weighted by molar-refractivity contribution is 0.0855. The smallest absolute Gasteiger partial charge is 0.235 e. The third-order valence-electron chi connectivity index (χ3n) is 4.48. The molecular weight excluding hydrogens is 354 g/mol. The molecule has 3 heterocycles. The average molecular weight is 371 g/mol. The number of aromatic amines is 1. The van der Waals surface area contributed by atoms with Crippen LogP contribution in [0.1, 0.15) is 18.1 Å². The van der Waals surface area contributed by atoms with Gasteiger partial charge in [-0.25, -0.2) is 0 Å². The summed E-state index contributed by atoms with van der Waals surface area (Å²) in [5, 5.41) is 4.07. The average Bonchev–Trinajstić information content (AvgIpc) is 3.39. The van der Waals surface area contributed by atoms with Gasteiger partial charge in [0.05, 0.1) is 23.7 Å². The highest BCUT2D eigenvalue weighted by Gasteiger charge is 2.24. The van der Waals surface area contributed by atoms with Gasteiger partial charge in [0.25, 0.3) is 0 Å². The van der Waals surface area contributed by atoms with Crippen LogP contribution in [-0.4, -0.2) is 15.9 Å². The van der Waals surface area contributed by atoms with Crippen LogP contribution in [0.5, 0.6) is 17.2 Å². The highest BCUT2D eigenvalue weighted by atomic mass is 16.7. The number of para-hydroxylation sites is 1. The van der Waals surface area contributed by atoms with Crippen LogP contribution in [0.3, 0.4) is 0 Å². The normalized spacial score (nSPS) is 15.9. The van der Waals surface area contributed by atoms with E-state index in [-0.39, 0.29) is 6.10 Å². The van der Waals surface area contributed by atoms with E-state index in [0.29, 0.717) is 18.1 Å². The maximum absolute atomic E-state index is 5.83. The fourth-order valence-corrected chi connectivity index (χ4v) is 3.08. The van der Waals surface area contributed by atoms with Crippen LogP contribution in [0, 0.1) is 0 Å². The summed E-state index contributed by atoms with van der Waals surface area (Å²) in [4.78, 5) is 13.0. The van der Waals surface area contributed by atoms with Gasteiger partial charge in [-0.05, 0) is 35.9 Å². The molecule has 138 valence electrons. The Morgan fingerprint density at radius 2 is 1.71 bits per heavy atom. The summed E-state index contributed by atoms with van der Waals surface area (Å²) >= 11 is 0. The van der Waals surface area contributed by atoms with E-state index in [1.54, 1.807) is 6.20 Å². The first-order chi connectivity index (χ1) is 13.8. The molecule has 1 atom stereocenters. The van der Waals surface area contributed by atoms with Gasteiger partial charge in [-0.15, -0.1) is 0 Å². The van der Waals surface area contributed by atoms with Gasteiger partial charge in [-0.3, -0.25) is 4.98 Å². The Hall–Kier alpha value is -3.80. The van der Waals surface area contributed by atoms with Crippen molar-refractivity contribution < 1.29 is 14.3 Å². The highest BCUT2D eigenvalue weighted by molar-refractivity contribution is 5.81. The number of oxime groups is 1. The maximum atomic E-state index is 5.83. The summed E-state index contributed by atoms with van der Waals surface area (Å²) in [6.45, 7) is 0. The summed E-state index contributed by atoms with van der Waals surface area (Å²) in [6, 6.07) is 21.3. The van der Waals surface area contributed by atoms with Gasteiger partial charge in [0, 0.05) is 12.3 Å². The molecule has 6 heteroatoms. The van der Waals surface area contributed by atoms with Gasteiger partial charge in [0.15, 0.2) is 6.10 Å². The topological polar surface area (TPSA) is 68.7 Å². The molecule has 1 N–H and O–H groups in total. The second-order valence-corrected chi connectivity index (χ2v) is 6.45. The van der Waals surface area contributed by atoms with Crippen LogP contribution in [0.2, 0.25) is 0 Å². The first-order valence-electron chi connectivity index (χ1n) is 9.00. The van der Waals surface area contributed by atoms with Crippen molar-refractivity contribution in [2.24, 2.45) is 5.16 Å². The van der Waals surface area contributed by atoms with E-state index in [1.807, 2.05) is 72.9 Å². The largest absolute Gasteiger partial charge is 0.457 e. The van der Waals surface area contributed by atoms with E-state index < -0.39 is 0 Å². The number of ether oxygens (including phenoxy) is 2. The zero-order chi connectivity index (χ0) is 18.8. The van der Waals surface area contributed by atoms with Gasteiger partial charge in [-0.2, -0.15) is 0 Å². The lowest BCUT2D eigenvalue weighted by Gasteiger charge is -2.10. The van der Waals surface area contributed by atoms with Gasteiger partial charge < -0.3 is 19.3 Å². The predicted molar refractivity (Wildman–Crippen MR) is 106 cm³/mol. The van der Waals surface area contributed by atoms with Crippen LogP contribution in [0.25, 0.3) is 11.0 Å². The van der Waals surface area contributed by atoms with Crippen molar-refractivity contribution in [3.05, 3.63) is 84.7 Å². The quantitative estimate of drug-likeness (QED) is 0.535. The monoisotopic (exact) mass is 371 g/mol. The van der Waals surface area contributed by atoms with Crippen molar-refractivity contribution in [1.82, 2.24) is 9.97 Å². The molecule has 28 heavy (non-hydrogen) atoms. The lowest BCUT2D eigenvalue weighted by Crippen LogP contribution is -2.07. The van der Waals surface area contributed by atoms with Crippen LogP contribution in [0.4, 0.5) is 0 Å². The summed E-state index contributed by atoms with van der Waals surface area (Å²) < 4.78 is 11.6. The Kier molecular flexibility index (Phi) is 4.14. The maximum Gasteiger partial charge on any atom is 0.235 e. The minimum atomic E-state index is -0.178. The Balaban J connectivity index is 1.22. The molecule has 0 aliphatic carbocycles. The van der Waals surface area contributed by atoms with Gasteiger partial charge in [0.2, 0.25) is 5.90 Å².